The Balaban J connectivity index is 0.00000210. The molecule has 2 aliphatic rings. The molecule has 10 heteroatoms. The van der Waals surface area contributed by atoms with Gasteiger partial charge in [-0.25, -0.2) is 12.7 Å². The fraction of sp³-hybridized carbons (Fsp3) is 0.632. The van der Waals surface area contributed by atoms with E-state index in [0.29, 0.717) is 18.0 Å². The van der Waals surface area contributed by atoms with Crippen LogP contribution in [0.5, 0.6) is 0 Å². The molecule has 3 rings (SSSR count). The third-order valence-corrected chi connectivity index (χ3v) is 7.22. The van der Waals surface area contributed by atoms with Crippen LogP contribution in [0.3, 0.4) is 0 Å². The lowest BCUT2D eigenvalue weighted by Gasteiger charge is -2.30. The van der Waals surface area contributed by atoms with Gasteiger partial charge in [-0.05, 0) is 56.2 Å². The van der Waals surface area contributed by atoms with Crippen LogP contribution in [0, 0.1) is 5.92 Å². The lowest BCUT2D eigenvalue weighted by atomic mass is 10.1. The molecule has 1 saturated heterocycles. The highest BCUT2D eigenvalue weighted by Gasteiger charge is 2.29. The molecule has 1 aliphatic heterocycles. The van der Waals surface area contributed by atoms with Crippen LogP contribution < -0.4 is 16.0 Å². The number of nitrogens with two attached hydrogens (primary N) is 1. The Bertz CT molecular complexity index is 795. The molecule has 7 nitrogen and oxygen atoms in total. The van der Waals surface area contributed by atoms with Crippen LogP contribution in [0.2, 0.25) is 0 Å². The second-order valence-electron chi connectivity index (χ2n) is 7.73. The predicted octanol–water partition coefficient (Wildman–Crippen LogP) is 2.24. The fourth-order valence-electron chi connectivity index (χ4n) is 3.48. The van der Waals surface area contributed by atoms with Gasteiger partial charge in [-0.2, -0.15) is 0 Å². The molecule has 1 atom stereocenters. The van der Waals surface area contributed by atoms with E-state index in [1.54, 1.807) is 12.1 Å². The van der Waals surface area contributed by atoms with Crippen molar-refractivity contribution in [3.05, 3.63) is 23.8 Å². The van der Waals surface area contributed by atoms with Gasteiger partial charge in [0.15, 0.2) is 0 Å². The number of carbonyl (C=O) groups excluding carboxylic acids is 1. The minimum Gasteiger partial charge on any atom is -0.371 e. The quantitative estimate of drug-likeness (QED) is 0.641. The number of sulfonamides is 1. The average Bonchev–Trinajstić information content (AvgIpc) is 3.51. The molecule has 0 spiro atoms. The standard InChI is InChI=1S/C19H30N4O3S.2ClH/c1-22(2)27(25,26)15-8-9-18(23-10-4-3-5-11-23)16(12-15)19(24)21-13-17(20)14-6-7-14;;/h8-9,12,14,17H,3-7,10-11,13,20H2,1-2H3,(H,21,24);2*1H. The first-order chi connectivity index (χ1) is 12.8. The summed E-state index contributed by atoms with van der Waals surface area (Å²) in [6, 6.07) is 4.81. The van der Waals surface area contributed by atoms with Crippen molar-refractivity contribution in [2.24, 2.45) is 11.7 Å². The average molecular weight is 467 g/mol. The Morgan fingerprint density at radius 1 is 1.21 bits per heavy atom. The molecule has 1 unspecified atom stereocenters. The number of rotatable bonds is 7. The summed E-state index contributed by atoms with van der Waals surface area (Å²) in [5.74, 6) is 0.231. The highest BCUT2D eigenvalue weighted by Crippen LogP contribution is 2.31. The van der Waals surface area contributed by atoms with Crippen LogP contribution in [0.4, 0.5) is 5.69 Å². The maximum atomic E-state index is 12.9. The maximum Gasteiger partial charge on any atom is 0.253 e. The maximum absolute atomic E-state index is 12.9. The smallest absolute Gasteiger partial charge is 0.253 e. The number of anilines is 1. The zero-order valence-electron chi connectivity index (χ0n) is 17.0. The first-order valence-electron chi connectivity index (χ1n) is 9.66. The number of piperidine rings is 1. The molecule has 1 saturated carbocycles. The lowest BCUT2D eigenvalue weighted by molar-refractivity contribution is 0.0950. The summed E-state index contributed by atoms with van der Waals surface area (Å²) in [6.45, 7) is 2.16. The van der Waals surface area contributed by atoms with Gasteiger partial charge in [-0.15, -0.1) is 24.8 Å². The van der Waals surface area contributed by atoms with Crippen molar-refractivity contribution in [2.75, 3.05) is 38.6 Å². The summed E-state index contributed by atoms with van der Waals surface area (Å²) in [6.07, 6.45) is 5.57. The molecule has 0 radical (unpaired) electrons. The normalized spacial score (nSPS) is 17.9. The van der Waals surface area contributed by atoms with E-state index in [-0.39, 0.29) is 41.7 Å². The van der Waals surface area contributed by atoms with E-state index < -0.39 is 10.0 Å². The molecular weight excluding hydrogens is 435 g/mol. The number of hydrogen-bond acceptors (Lipinski definition) is 5. The first-order valence-corrected chi connectivity index (χ1v) is 11.1. The SMILES string of the molecule is CN(C)S(=O)(=O)c1ccc(N2CCCCC2)c(C(=O)NCC(N)C2CC2)c1.Cl.Cl. The van der Waals surface area contributed by atoms with Gasteiger partial charge in [0.25, 0.3) is 5.91 Å². The van der Waals surface area contributed by atoms with Crippen molar-refractivity contribution in [3.63, 3.8) is 0 Å². The number of hydrogen-bond donors (Lipinski definition) is 2. The van der Waals surface area contributed by atoms with Gasteiger partial charge in [0.1, 0.15) is 0 Å². The van der Waals surface area contributed by atoms with Gasteiger partial charge in [0.05, 0.1) is 10.5 Å². The van der Waals surface area contributed by atoms with E-state index in [1.807, 2.05) is 0 Å². The zero-order valence-corrected chi connectivity index (χ0v) is 19.4. The van der Waals surface area contributed by atoms with E-state index in [2.05, 4.69) is 10.2 Å². The van der Waals surface area contributed by atoms with E-state index in [1.165, 1.54) is 26.6 Å². The molecule has 166 valence electrons. The summed E-state index contributed by atoms with van der Waals surface area (Å²) < 4.78 is 26.2. The molecule has 3 N–H and O–H groups in total. The van der Waals surface area contributed by atoms with Gasteiger partial charge in [0.2, 0.25) is 10.0 Å². The molecule has 29 heavy (non-hydrogen) atoms. The van der Waals surface area contributed by atoms with Crippen molar-refractivity contribution >= 4 is 46.4 Å². The summed E-state index contributed by atoms with van der Waals surface area (Å²) >= 11 is 0. The van der Waals surface area contributed by atoms with E-state index in [0.717, 1.165) is 48.8 Å². The van der Waals surface area contributed by atoms with Gasteiger partial charge >= 0.3 is 0 Å². The number of nitrogens with zero attached hydrogens (tertiary/aromatic N) is 2. The van der Waals surface area contributed by atoms with Gasteiger partial charge < -0.3 is 16.0 Å². The monoisotopic (exact) mass is 466 g/mol. The number of halogens is 2. The van der Waals surface area contributed by atoms with Gasteiger partial charge in [-0.1, -0.05) is 0 Å². The summed E-state index contributed by atoms with van der Waals surface area (Å²) in [5, 5.41) is 2.91. The second kappa shape index (κ2) is 10.8. The molecule has 1 aromatic carbocycles. The Morgan fingerprint density at radius 2 is 1.83 bits per heavy atom. The number of carbonyl (C=O) groups is 1. The van der Waals surface area contributed by atoms with E-state index >= 15 is 0 Å². The minimum atomic E-state index is -3.60. The highest BCUT2D eigenvalue weighted by atomic mass is 35.5. The molecule has 2 fully saturated rings. The molecule has 1 aromatic rings. The molecule has 1 aliphatic carbocycles. The van der Waals surface area contributed by atoms with Crippen LogP contribution in [0.25, 0.3) is 0 Å². The Morgan fingerprint density at radius 3 is 2.38 bits per heavy atom. The summed E-state index contributed by atoms with van der Waals surface area (Å²) in [4.78, 5) is 15.2. The Kier molecular flexibility index (Phi) is 9.69. The lowest BCUT2D eigenvalue weighted by Crippen LogP contribution is -2.39. The third kappa shape index (κ3) is 6.21. The Hall–Kier alpha value is -1.06. The topological polar surface area (TPSA) is 95.7 Å². The van der Waals surface area contributed by atoms with Crippen LogP contribution in [-0.2, 0) is 10.0 Å². The minimum absolute atomic E-state index is 0. The zero-order chi connectivity index (χ0) is 19.6. The van der Waals surface area contributed by atoms with Crippen LogP contribution >= 0.6 is 24.8 Å². The largest absolute Gasteiger partial charge is 0.371 e. The van der Waals surface area contributed by atoms with E-state index in [9.17, 15) is 13.2 Å². The molecule has 1 heterocycles. The van der Waals surface area contributed by atoms with Crippen molar-refractivity contribution in [3.8, 4) is 0 Å². The van der Waals surface area contributed by atoms with Crippen LogP contribution in [-0.4, -0.2) is 58.4 Å². The summed E-state index contributed by atoms with van der Waals surface area (Å²) in [7, 11) is -0.628. The summed E-state index contributed by atoms with van der Waals surface area (Å²) in [5.41, 5.74) is 7.30. The van der Waals surface area contributed by atoms with Crippen molar-refractivity contribution in [1.82, 2.24) is 9.62 Å². The van der Waals surface area contributed by atoms with Gasteiger partial charge in [0, 0.05) is 45.5 Å². The van der Waals surface area contributed by atoms with Gasteiger partial charge in [-0.3, -0.25) is 4.79 Å². The van der Waals surface area contributed by atoms with Crippen molar-refractivity contribution in [2.45, 2.75) is 43.0 Å². The molecular formula is C19H32Cl2N4O3S. The highest BCUT2D eigenvalue weighted by molar-refractivity contribution is 7.89. The fourth-order valence-corrected chi connectivity index (χ4v) is 4.40. The van der Waals surface area contributed by atoms with Crippen molar-refractivity contribution in [1.29, 1.82) is 0 Å². The predicted molar refractivity (Wildman–Crippen MR) is 121 cm³/mol. The molecule has 0 bridgehead atoms. The Labute approximate surface area is 186 Å². The van der Waals surface area contributed by atoms with Crippen LogP contribution in [0.1, 0.15) is 42.5 Å². The van der Waals surface area contributed by atoms with Crippen molar-refractivity contribution < 1.29 is 13.2 Å². The second-order valence-corrected chi connectivity index (χ2v) is 9.88. The van der Waals surface area contributed by atoms with Crippen LogP contribution in [0.15, 0.2) is 23.1 Å². The third-order valence-electron chi connectivity index (χ3n) is 5.41. The van der Waals surface area contributed by atoms with E-state index in [4.69, 9.17) is 5.73 Å². The molecule has 0 aromatic heterocycles. The number of amides is 1. The number of nitrogens with one attached hydrogen (secondary N) is 1. The molecule has 1 amide bonds. The number of benzene rings is 1. The first kappa shape index (κ1) is 26.0.